The highest BCUT2D eigenvalue weighted by atomic mass is 79.9. The average molecular weight is 269 g/mol. The van der Waals surface area contributed by atoms with Crippen LogP contribution in [0.25, 0.3) is 5.52 Å². The number of hydrogen-bond acceptors (Lipinski definition) is 4. The van der Waals surface area contributed by atoms with Gasteiger partial charge in [0.05, 0.1) is 0 Å². The van der Waals surface area contributed by atoms with Crippen molar-refractivity contribution in [2.45, 2.75) is 13.3 Å². The predicted molar refractivity (Wildman–Crippen MR) is 59.7 cm³/mol. The van der Waals surface area contributed by atoms with Gasteiger partial charge in [0.15, 0.2) is 11.6 Å². The smallest absolute Gasteiger partial charge is 0.181 e. The number of fused-ring (bicyclic) bond motifs is 1. The third kappa shape index (κ3) is 1.50. The molecule has 78 valence electrons. The van der Waals surface area contributed by atoms with Crippen molar-refractivity contribution in [3.63, 3.8) is 0 Å². The van der Waals surface area contributed by atoms with Crippen LogP contribution in [0.1, 0.15) is 23.8 Å². The number of rotatable bonds is 2. The van der Waals surface area contributed by atoms with Gasteiger partial charge in [0.1, 0.15) is 17.5 Å². The van der Waals surface area contributed by atoms with Crippen molar-refractivity contribution >= 4 is 33.0 Å². The van der Waals surface area contributed by atoms with Crippen LogP contribution in [-0.2, 0) is 0 Å². The Morgan fingerprint density at radius 2 is 2.40 bits per heavy atom. The van der Waals surface area contributed by atoms with Crippen LogP contribution in [0, 0.1) is 0 Å². The van der Waals surface area contributed by atoms with E-state index in [1.165, 1.54) is 10.8 Å². The van der Waals surface area contributed by atoms with Crippen LogP contribution >= 0.6 is 15.9 Å². The van der Waals surface area contributed by atoms with Gasteiger partial charge in [0.25, 0.3) is 0 Å². The van der Waals surface area contributed by atoms with Gasteiger partial charge in [-0.3, -0.25) is 4.79 Å². The second kappa shape index (κ2) is 3.62. The maximum Gasteiger partial charge on any atom is 0.181 e. The maximum atomic E-state index is 11.6. The van der Waals surface area contributed by atoms with Gasteiger partial charge in [-0.25, -0.2) is 9.50 Å². The van der Waals surface area contributed by atoms with Crippen LogP contribution < -0.4 is 5.73 Å². The monoisotopic (exact) mass is 268 g/mol. The molecule has 15 heavy (non-hydrogen) atoms. The zero-order valence-electron chi connectivity index (χ0n) is 8.07. The van der Waals surface area contributed by atoms with Crippen LogP contribution in [-0.4, -0.2) is 20.4 Å². The number of carbonyl (C=O) groups is 1. The highest BCUT2D eigenvalue weighted by Gasteiger charge is 2.15. The van der Waals surface area contributed by atoms with Crippen molar-refractivity contribution < 1.29 is 4.79 Å². The number of anilines is 1. The predicted octanol–water partition coefficient (Wildman–Crippen LogP) is 1.67. The molecule has 0 aromatic carbocycles. The summed E-state index contributed by atoms with van der Waals surface area (Å²) in [5.41, 5.74) is 6.85. The molecule has 0 fully saturated rings. The van der Waals surface area contributed by atoms with Crippen molar-refractivity contribution in [3.8, 4) is 0 Å². The zero-order chi connectivity index (χ0) is 11.0. The SMILES string of the molecule is CCC(=O)c1cc(Br)c2c(N)ncnn12. The van der Waals surface area contributed by atoms with E-state index in [1.807, 2.05) is 0 Å². The van der Waals surface area contributed by atoms with Crippen molar-refractivity contribution in [2.75, 3.05) is 5.73 Å². The first-order valence-electron chi connectivity index (χ1n) is 4.46. The molecule has 5 nitrogen and oxygen atoms in total. The molecular formula is C9H9BrN4O. The van der Waals surface area contributed by atoms with E-state index in [9.17, 15) is 4.79 Å². The Balaban J connectivity index is 2.79. The fourth-order valence-corrected chi connectivity index (χ4v) is 1.99. The van der Waals surface area contributed by atoms with Gasteiger partial charge in [-0.1, -0.05) is 6.92 Å². The number of nitrogens with two attached hydrogens (primary N) is 1. The van der Waals surface area contributed by atoms with Gasteiger partial charge in [-0.05, 0) is 22.0 Å². The van der Waals surface area contributed by atoms with Crippen LogP contribution in [0.5, 0.6) is 0 Å². The fourth-order valence-electron chi connectivity index (χ4n) is 1.40. The number of halogens is 1. The lowest BCUT2D eigenvalue weighted by molar-refractivity contribution is 0.0981. The first-order chi connectivity index (χ1) is 7.15. The summed E-state index contributed by atoms with van der Waals surface area (Å²) >= 11 is 3.33. The third-order valence-electron chi connectivity index (χ3n) is 2.14. The van der Waals surface area contributed by atoms with Crippen LogP contribution in [0.4, 0.5) is 5.82 Å². The van der Waals surface area contributed by atoms with Gasteiger partial charge in [-0.2, -0.15) is 5.10 Å². The number of ketones is 1. The third-order valence-corrected chi connectivity index (χ3v) is 2.75. The van der Waals surface area contributed by atoms with E-state index >= 15 is 0 Å². The minimum absolute atomic E-state index is 0.0220. The molecule has 0 aliphatic carbocycles. The summed E-state index contributed by atoms with van der Waals surface area (Å²) in [4.78, 5) is 15.5. The first kappa shape index (κ1) is 10.1. The minimum Gasteiger partial charge on any atom is -0.382 e. The summed E-state index contributed by atoms with van der Waals surface area (Å²) in [6, 6.07) is 1.71. The highest BCUT2D eigenvalue weighted by molar-refractivity contribution is 9.10. The number of nitrogens with zero attached hydrogens (tertiary/aromatic N) is 3. The molecule has 0 unspecified atom stereocenters. The van der Waals surface area contributed by atoms with Gasteiger partial charge < -0.3 is 5.73 Å². The van der Waals surface area contributed by atoms with E-state index in [2.05, 4.69) is 26.0 Å². The molecule has 2 heterocycles. The molecule has 0 amide bonds. The van der Waals surface area contributed by atoms with Gasteiger partial charge in [0.2, 0.25) is 0 Å². The Bertz CT molecular complexity index is 534. The molecule has 0 saturated heterocycles. The molecule has 0 radical (unpaired) electrons. The van der Waals surface area contributed by atoms with E-state index in [1.54, 1.807) is 13.0 Å². The molecule has 6 heteroatoms. The molecular weight excluding hydrogens is 260 g/mol. The highest BCUT2D eigenvalue weighted by Crippen LogP contribution is 2.25. The fraction of sp³-hybridized carbons (Fsp3) is 0.222. The Kier molecular flexibility index (Phi) is 2.44. The largest absolute Gasteiger partial charge is 0.382 e. The summed E-state index contributed by atoms with van der Waals surface area (Å²) in [5.74, 6) is 0.376. The zero-order valence-corrected chi connectivity index (χ0v) is 9.65. The van der Waals surface area contributed by atoms with Crippen molar-refractivity contribution in [2.24, 2.45) is 0 Å². The molecule has 0 aliphatic rings. The molecule has 2 aromatic heterocycles. The molecule has 0 aliphatic heterocycles. The lowest BCUT2D eigenvalue weighted by Crippen LogP contribution is -2.06. The van der Waals surface area contributed by atoms with E-state index in [0.717, 1.165) is 4.47 Å². The summed E-state index contributed by atoms with van der Waals surface area (Å²) in [6.45, 7) is 1.81. The summed E-state index contributed by atoms with van der Waals surface area (Å²) in [5, 5.41) is 4.01. The topological polar surface area (TPSA) is 73.3 Å². The van der Waals surface area contributed by atoms with Crippen LogP contribution in [0.3, 0.4) is 0 Å². The Labute approximate surface area is 94.4 Å². The number of Topliss-reactive ketones (excluding diaryl/α,β-unsaturated/α-hetero) is 1. The standard InChI is InChI=1S/C9H9BrN4O/c1-2-7(15)6-3-5(10)8-9(11)12-4-13-14(6)8/h3-4H,2H2,1H3,(H2,11,12,13). The summed E-state index contributed by atoms with van der Waals surface area (Å²) < 4.78 is 2.25. The van der Waals surface area contributed by atoms with E-state index < -0.39 is 0 Å². The molecule has 2 rings (SSSR count). The lowest BCUT2D eigenvalue weighted by atomic mass is 10.2. The average Bonchev–Trinajstić information content (AvgIpc) is 2.56. The van der Waals surface area contributed by atoms with Crippen LogP contribution in [0.15, 0.2) is 16.9 Å². The van der Waals surface area contributed by atoms with Crippen molar-refractivity contribution in [3.05, 3.63) is 22.6 Å². The summed E-state index contributed by atoms with van der Waals surface area (Å²) in [6.07, 6.45) is 1.77. The second-order valence-corrected chi connectivity index (χ2v) is 3.91. The Morgan fingerprint density at radius 1 is 1.67 bits per heavy atom. The number of carbonyl (C=O) groups excluding carboxylic acids is 1. The second-order valence-electron chi connectivity index (χ2n) is 3.06. The summed E-state index contributed by atoms with van der Waals surface area (Å²) in [7, 11) is 0. The van der Waals surface area contributed by atoms with Gasteiger partial charge >= 0.3 is 0 Å². The van der Waals surface area contributed by atoms with Crippen molar-refractivity contribution in [1.29, 1.82) is 0 Å². The van der Waals surface area contributed by atoms with E-state index in [4.69, 9.17) is 5.73 Å². The Morgan fingerprint density at radius 3 is 3.07 bits per heavy atom. The first-order valence-corrected chi connectivity index (χ1v) is 5.25. The lowest BCUT2D eigenvalue weighted by Gasteiger charge is -1.99. The van der Waals surface area contributed by atoms with E-state index in [-0.39, 0.29) is 5.78 Å². The Hall–Kier alpha value is -1.43. The molecule has 0 bridgehead atoms. The number of nitrogen functional groups attached to an aromatic ring is 1. The normalized spacial score (nSPS) is 10.8. The molecule has 2 N–H and O–H groups in total. The molecule has 0 spiro atoms. The van der Waals surface area contributed by atoms with Gasteiger partial charge in [-0.15, -0.1) is 0 Å². The quantitative estimate of drug-likeness (QED) is 0.841. The maximum absolute atomic E-state index is 11.6. The van der Waals surface area contributed by atoms with E-state index in [0.29, 0.717) is 23.4 Å². The molecule has 2 aromatic rings. The molecule has 0 atom stereocenters. The van der Waals surface area contributed by atoms with Crippen molar-refractivity contribution in [1.82, 2.24) is 14.6 Å². The number of aromatic nitrogens is 3. The minimum atomic E-state index is 0.0220. The van der Waals surface area contributed by atoms with Crippen LogP contribution in [0.2, 0.25) is 0 Å². The van der Waals surface area contributed by atoms with Gasteiger partial charge in [0, 0.05) is 10.9 Å². The molecule has 0 saturated carbocycles. The number of hydrogen-bond donors (Lipinski definition) is 1.